The number of amides is 1. The highest BCUT2D eigenvalue weighted by Gasteiger charge is 2.26. The van der Waals surface area contributed by atoms with Gasteiger partial charge in [0.1, 0.15) is 0 Å². The van der Waals surface area contributed by atoms with Crippen LogP contribution in [0.25, 0.3) is 0 Å². The largest absolute Gasteiger partial charge is 0.275 e. The Morgan fingerprint density at radius 3 is 2.60 bits per heavy atom. The van der Waals surface area contributed by atoms with Crippen LogP contribution in [0.4, 0.5) is 0 Å². The predicted octanol–water partition coefficient (Wildman–Crippen LogP) is 2.43. The number of carbonyl (C=O) groups is 1. The fourth-order valence-corrected chi connectivity index (χ4v) is 5.02. The van der Waals surface area contributed by atoms with Gasteiger partial charge in [0.15, 0.2) is 4.21 Å². The number of rotatable bonds is 4. The summed E-state index contributed by atoms with van der Waals surface area (Å²) in [4.78, 5) is 16.9. The number of sulfonamides is 1. The minimum absolute atomic E-state index is 0.0988. The number of aryl methyl sites for hydroxylation is 2. The van der Waals surface area contributed by atoms with E-state index in [1.165, 1.54) is 11.3 Å². The average Bonchev–Trinajstić information content (AvgIpc) is 2.97. The van der Waals surface area contributed by atoms with Gasteiger partial charge in [0.05, 0.1) is 16.6 Å². The lowest BCUT2D eigenvalue weighted by Gasteiger charge is -2.10. The molecule has 2 heterocycles. The number of thiazole rings is 1. The first-order chi connectivity index (χ1) is 9.31. The van der Waals surface area contributed by atoms with E-state index in [4.69, 9.17) is 0 Å². The molecule has 5 nitrogen and oxygen atoms in total. The van der Waals surface area contributed by atoms with Gasteiger partial charge in [-0.1, -0.05) is 6.07 Å². The summed E-state index contributed by atoms with van der Waals surface area (Å²) in [7, 11) is -3.84. The highest BCUT2D eigenvalue weighted by Crippen LogP contribution is 2.25. The van der Waals surface area contributed by atoms with Gasteiger partial charge >= 0.3 is 0 Å². The maximum Gasteiger partial charge on any atom is 0.275 e. The van der Waals surface area contributed by atoms with Crippen LogP contribution in [-0.4, -0.2) is 19.3 Å². The molecule has 0 aliphatic heterocycles. The molecule has 0 bridgehead atoms. The molecule has 2 rings (SSSR count). The SMILES string of the molecule is Cc1nc(C)c(S(=O)(=O)NC(=O)[C@@H](C)c2cccs2)s1. The number of aromatic nitrogens is 1. The zero-order valence-corrected chi connectivity index (χ0v) is 13.7. The Morgan fingerprint density at radius 2 is 2.10 bits per heavy atom. The number of thiophene rings is 1. The van der Waals surface area contributed by atoms with Gasteiger partial charge in [0.2, 0.25) is 5.91 Å². The number of nitrogens with one attached hydrogen (secondary N) is 1. The molecule has 2 aromatic rings. The zero-order valence-electron chi connectivity index (χ0n) is 11.2. The van der Waals surface area contributed by atoms with Crippen LogP contribution >= 0.6 is 22.7 Å². The molecule has 0 unspecified atom stereocenters. The summed E-state index contributed by atoms with van der Waals surface area (Å²) in [5, 5.41) is 2.51. The van der Waals surface area contributed by atoms with Gasteiger partial charge in [0, 0.05) is 4.88 Å². The van der Waals surface area contributed by atoms with E-state index >= 15 is 0 Å². The summed E-state index contributed by atoms with van der Waals surface area (Å²) in [6.45, 7) is 5.03. The zero-order chi connectivity index (χ0) is 14.9. The van der Waals surface area contributed by atoms with Crippen LogP contribution < -0.4 is 4.72 Å². The molecule has 0 radical (unpaired) electrons. The van der Waals surface area contributed by atoms with Crippen molar-refractivity contribution in [3.05, 3.63) is 33.1 Å². The van der Waals surface area contributed by atoms with Gasteiger partial charge in [-0.2, -0.15) is 0 Å². The second-order valence-electron chi connectivity index (χ2n) is 4.31. The second kappa shape index (κ2) is 5.63. The van der Waals surface area contributed by atoms with E-state index in [9.17, 15) is 13.2 Å². The molecule has 8 heteroatoms. The number of hydrogen-bond donors (Lipinski definition) is 1. The Hall–Kier alpha value is -1.25. The van der Waals surface area contributed by atoms with Gasteiger partial charge in [-0.3, -0.25) is 4.79 Å². The van der Waals surface area contributed by atoms with Gasteiger partial charge in [-0.15, -0.1) is 22.7 Å². The predicted molar refractivity (Wildman–Crippen MR) is 79.7 cm³/mol. The van der Waals surface area contributed by atoms with Crippen molar-refractivity contribution in [1.82, 2.24) is 9.71 Å². The van der Waals surface area contributed by atoms with Crippen molar-refractivity contribution in [2.75, 3.05) is 0 Å². The fraction of sp³-hybridized carbons (Fsp3) is 0.333. The molecular weight excluding hydrogens is 316 g/mol. The normalized spacial score (nSPS) is 13.2. The Bertz CT molecular complexity index is 717. The van der Waals surface area contributed by atoms with Crippen molar-refractivity contribution in [2.24, 2.45) is 0 Å². The van der Waals surface area contributed by atoms with Crippen molar-refractivity contribution in [1.29, 1.82) is 0 Å². The molecule has 1 amide bonds. The molecule has 108 valence electrons. The first-order valence-corrected chi connectivity index (χ1v) is 9.03. The highest BCUT2D eigenvalue weighted by molar-refractivity contribution is 7.92. The molecule has 0 saturated heterocycles. The van der Waals surface area contributed by atoms with E-state index in [0.717, 1.165) is 16.2 Å². The third kappa shape index (κ3) is 3.08. The van der Waals surface area contributed by atoms with Crippen molar-refractivity contribution < 1.29 is 13.2 Å². The van der Waals surface area contributed by atoms with Crippen LogP contribution in [0.1, 0.15) is 28.4 Å². The Morgan fingerprint density at radius 1 is 1.40 bits per heavy atom. The molecule has 0 saturated carbocycles. The topological polar surface area (TPSA) is 76.1 Å². The summed E-state index contributed by atoms with van der Waals surface area (Å²) >= 11 is 2.48. The van der Waals surface area contributed by atoms with Crippen molar-refractivity contribution in [3.63, 3.8) is 0 Å². The Balaban J connectivity index is 2.21. The van der Waals surface area contributed by atoms with Gasteiger partial charge in [-0.05, 0) is 32.2 Å². The molecule has 0 aliphatic carbocycles. The Kier molecular flexibility index (Phi) is 4.26. The van der Waals surface area contributed by atoms with Crippen molar-refractivity contribution in [2.45, 2.75) is 30.9 Å². The van der Waals surface area contributed by atoms with Crippen LogP contribution in [-0.2, 0) is 14.8 Å². The third-order valence-corrected chi connectivity index (χ3v) is 6.79. The monoisotopic (exact) mass is 330 g/mol. The van der Waals surface area contributed by atoms with Crippen LogP contribution in [0.5, 0.6) is 0 Å². The minimum Gasteiger partial charge on any atom is -0.273 e. The minimum atomic E-state index is -3.84. The molecule has 0 spiro atoms. The molecule has 2 aromatic heterocycles. The maximum absolute atomic E-state index is 12.2. The van der Waals surface area contributed by atoms with Gasteiger partial charge in [-0.25, -0.2) is 18.1 Å². The van der Waals surface area contributed by atoms with Crippen molar-refractivity contribution in [3.8, 4) is 0 Å². The summed E-state index contributed by atoms with van der Waals surface area (Å²) in [5.41, 5.74) is 0.413. The molecule has 20 heavy (non-hydrogen) atoms. The standard InChI is InChI=1S/C12H14N2O3S3/c1-7(10-5-4-6-18-10)11(15)14-20(16,17)12-8(2)13-9(3)19-12/h4-7H,1-3H3,(H,14,15)/t7-/m0/s1. The van der Waals surface area contributed by atoms with E-state index in [2.05, 4.69) is 9.71 Å². The summed E-state index contributed by atoms with van der Waals surface area (Å²) in [6.07, 6.45) is 0. The lowest BCUT2D eigenvalue weighted by atomic mass is 10.1. The molecular formula is C12H14N2O3S3. The summed E-state index contributed by atoms with van der Waals surface area (Å²) < 4.78 is 26.6. The smallest absolute Gasteiger partial charge is 0.273 e. The van der Waals surface area contributed by atoms with E-state index in [1.54, 1.807) is 20.8 Å². The molecule has 1 atom stereocenters. The van der Waals surface area contributed by atoms with E-state index in [1.807, 2.05) is 17.5 Å². The maximum atomic E-state index is 12.2. The number of carbonyl (C=O) groups excluding carboxylic acids is 1. The number of hydrogen-bond acceptors (Lipinski definition) is 6. The lowest BCUT2D eigenvalue weighted by Crippen LogP contribution is -2.33. The number of nitrogens with zero attached hydrogens (tertiary/aromatic N) is 1. The third-order valence-electron chi connectivity index (χ3n) is 2.70. The van der Waals surface area contributed by atoms with Crippen LogP contribution in [0.3, 0.4) is 0 Å². The summed E-state index contributed by atoms with van der Waals surface area (Å²) in [6, 6.07) is 3.64. The molecule has 0 fully saturated rings. The first-order valence-electron chi connectivity index (χ1n) is 5.85. The molecule has 0 aromatic carbocycles. The van der Waals surface area contributed by atoms with Crippen molar-refractivity contribution >= 4 is 38.6 Å². The molecule has 0 aliphatic rings. The van der Waals surface area contributed by atoms with E-state index in [-0.39, 0.29) is 4.21 Å². The first kappa shape index (κ1) is 15.1. The van der Waals surface area contributed by atoms with Crippen LogP contribution in [0.2, 0.25) is 0 Å². The summed E-state index contributed by atoms with van der Waals surface area (Å²) in [5.74, 6) is -1.03. The van der Waals surface area contributed by atoms with Crippen LogP contribution in [0, 0.1) is 13.8 Å². The second-order valence-corrected chi connectivity index (χ2v) is 8.37. The van der Waals surface area contributed by atoms with Gasteiger partial charge in [0.25, 0.3) is 10.0 Å². The quantitative estimate of drug-likeness (QED) is 0.934. The van der Waals surface area contributed by atoms with E-state index in [0.29, 0.717) is 10.7 Å². The lowest BCUT2D eigenvalue weighted by molar-refractivity contribution is -0.120. The highest BCUT2D eigenvalue weighted by atomic mass is 32.2. The molecule has 1 N–H and O–H groups in total. The Labute approximate surface area is 125 Å². The average molecular weight is 330 g/mol. The van der Waals surface area contributed by atoms with Gasteiger partial charge < -0.3 is 0 Å². The van der Waals surface area contributed by atoms with E-state index < -0.39 is 21.8 Å². The fourth-order valence-electron chi connectivity index (χ4n) is 1.70. The van der Waals surface area contributed by atoms with Crippen LogP contribution in [0.15, 0.2) is 21.7 Å².